The van der Waals surface area contributed by atoms with E-state index in [1.807, 2.05) is 6.92 Å². The predicted octanol–water partition coefficient (Wildman–Crippen LogP) is -1.13. The third-order valence-corrected chi connectivity index (χ3v) is 4.38. The van der Waals surface area contributed by atoms with E-state index in [2.05, 4.69) is 10.4 Å². The van der Waals surface area contributed by atoms with E-state index in [9.17, 15) is 20.1 Å². The zero-order valence-corrected chi connectivity index (χ0v) is 12.7. The van der Waals surface area contributed by atoms with Crippen LogP contribution in [0, 0.1) is 0 Å². The number of hydrogen-bond acceptors (Lipinski definition) is 7. The van der Waals surface area contributed by atoms with Crippen molar-refractivity contribution in [1.82, 2.24) is 9.78 Å². The molecule has 1 aromatic heterocycles. The fraction of sp³-hybridized carbons (Fsp3) is 0.714. The molecule has 0 aromatic carbocycles. The number of carbonyl (C=O) groups is 1. The van der Waals surface area contributed by atoms with Crippen LogP contribution in [0.4, 0.5) is 5.82 Å². The molecule has 1 aliphatic heterocycles. The Morgan fingerprint density at radius 2 is 2.04 bits per heavy atom. The Morgan fingerprint density at radius 3 is 2.70 bits per heavy atom. The number of aliphatic carboxylic acids is 1. The third kappa shape index (κ3) is 2.59. The maximum Gasteiger partial charge on any atom is 0.335 e. The topological polar surface area (TPSA) is 137 Å². The van der Waals surface area contributed by atoms with Crippen molar-refractivity contribution in [2.75, 3.05) is 11.9 Å². The van der Waals surface area contributed by atoms with Crippen molar-refractivity contribution in [3.05, 3.63) is 11.3 Å². The minimum atomic E-state index is -1.70. The number of fused-ring (bicyclic) bond motifs is 1. The summed E-state index contributed by atoms with van der Waals surface area (Å²) in [5.74, 6) is -0.715. The van der Waals surface area contributed by atoms with Crippen LogP contribution in [0.5, 0.6) is 0 Å². The molecule has 1 aliphatic carbocycles. The van der Waals surface area contributed by atoms with Gasteiger partial charge in [0.05, 0.1) is 0 Å². The van der Waals surface area contributed by atoms with Crippen molar-refractivity contribution < 1.29 is 30.0 Å². The third-order valence-electron chi connectivity index (χ3n) is 4.38. The van der Waals surface area contributed by atoms with Gasteiger partial charge < -0.3 is 30.5 Å². The number of hydrogen-bond donors (Lipinski definition) is 5. The lowest BCUT2D eigenvalue weighted by molar-refractivity contribution is -0.249. The zero-order chi connectivity index (χ0) is 16.7. The molecule has 0 bridgehead atoms. The normalized spacial score (nSPS) is 33.5. The van der Waals surface area contributed by atoms with Gasteiger partial charge in [-0.05, 0) is 26.2 Å². The molecular weight excluding hydrogens is 306 g/mol. The maximum atomic E-state index is 11.2. The van der Waals surface area contributed by atoms with Gasteiger partial charge in [0.2, 0.25) is 0 Å². The Kier molecular flexibility index (Phi) is 4.28. The Balaban J connectivity index is 1.97. The highest BCUT2D eigenvalue weighted by atomic mass is 16.6. The molecule has 5 atom stereocenters. The first kappa shape index (κ1) is 16.2. The molecule has 1 saturated heterocycles. The summed E-state index contributed by atoms with van der Waals surface area (Å²) in [4.78, 5) is 11.2. The number of rotatable bonds is 4. The SMILES string of the molecule is CCNc1nn(C2O[C@H](C(=O)O)[C@@H](O)[C@H](O)[C@H]2O)c2c1CCC2. The van der Waals surface area contributed by atoms with Crippen LogP contribution in [0.15, 0.2) is 0 Å². The summed E-state index contributed by atoms with van der Waals surface area (Å²) >= 11 is 0. The van der Waals surface area contributed by atoms with Crippen molar-refractivity contribution in [1.29, 1.82) is 0 Å². The molecule has 0 amide bonds. The van der Waals surface area contributed by atoms with Gasteiger partial charge in [-0.2, -0.15) is 5.10 Å². The van der Waals surface area contributed by atoms with Crippen LogP contribution in [0.1, 0.15) is 30.8 Å². The monoisotopic (exact) mass is 327 g/mol. The highest BCUT2D eigenvalue weighted by molar-refractivity contribution is 5.73. The van der Waals surface area contributed by atoms with Gasteiger partial charge in [0.15, 0.2) is 18.1 Å². The Hall–Kier alpha value is -1.68. The smallest absolute Gasteiger partial charge is 0.335 e. The summed E-state index contributed by atoms with van der Waals surface area (Å²) < 4.78 is 6.80. The summed E-state index contributed by atoms with van der Waals surface area (Å²) in [5, 5.41) is 46.6. The van der Waals surface area contributed by atoms with Crippen molar-refractivity contribution in [3.63, 3.8) is 0 Å². The Morgan fingerprint density at radius 1 is 1.30 bits per heavy atom. The average molecular weight is 327 g/mol. The second-order valence-electron chi connectivity index (χ2n) is 5.86. The van der Waals surface area contributed by atoms with Gasteiger partial charge in [-0.25, -0.2) is 9.48 Å². The van der Waals surface area contributed by atoms with Crippen LogP contribution in [0.25, 0.3) is 0 Å². The molecule has 0 spiro atoms. The molecule has 1 fully saturated rings. The van der Waals surface area contributed by atoms with E-state index in [1.165, 1.54) is 4.68 Å². The van der Waals surface area contributed by atoms with Crippen LogP contribution in [-0.2, 0) is 22.4 Å². The second-order valence-corrected chi connectivity index (χ2v) is 5.86. The molecule has 1 aromatic rings. The average Bonchev–Trinajstić information content (AvgIpc) is 3.09. The fourth-order valence-corrected chi connectivity index (χ4v) is 3.25. The molecule has 2 heterocycles. The van der Waals surface area contributed by atoms with Crippen molar-refractivity contribution in [2.24, 2.45) is 0 Å². The molecule has 9 nitrogen and oxygen atoms in total. The standard InChI is InChI=1S/C14H21N3O6/c1-2-15-12-6-4-3-5-7(6)17(16-12)13-10(20)8(18)9(19)11(23-13)14(21)22/h8-11,13,18-20H,2-5H2,1H3,(H,15,16)(H,21,22)/t8-,9-,10+,11-,13?/m0/s1. The van der Waals surface area contributed by atoms with Gasteiger partial charge in [0, 0.05) is 17.8 Å². The van der Waals surface area contributed by atoms with E-state index in [1.54, 1.807) is 0 Å². The van der Waals surface area contributed by atoms with Crippen LogP contribution in [0.2, 0.25) is 0 Å². The molecule has 1 unspecified atom stereocenters. The molecule has 0 radical (unpaired) electrons. The molecule has 23 heavy (non-hydrogen) atoms. The lowest BCUT2D eigenvalue weighted by atomic mass is 9.98. The first-order valence-electron chi connectivity index (χ1n) is 7.72. The number of carboxylic acids is 1. The number of nitrogens with zero attached hydrogens (tertiary/aromatic N) is 2. The van der Waals surface area contributed by atoms with Crippen molar-refractivity contribution in [3.8, 4) is 0 Å². The summed E-state index contributed by atoms with van der Waals surface area (Å²) in [6.45, 7) is 2.61. The van der Waals surface area contributed by atoms with E-state index in [-0.39, 0.29) is 0 Å². The Labute approximate surface area is 132 Å². The number of nitrogens with one attached hydrogen (secondary N) is 1. The van der Waals surface area contributed by atoms with Crippen LogP contribution < -0.4 is 5.32 Å². The van der Waals surface area contributed by atoms with E-state index < -0.39 is 36.6 Å². The number of aliphatic hydroxyl groups excluding tert-OH is 3. The lowest BCUT2D eigenvalue weighted by Gasteiger charge is -2.39. The predicted molar refractivity (Wildman–Crippen MR) is 78.0 cm³/mol. The van der Waals surface area contributed by atoms with Gasteiger partial charge in [0.25, 0.3) is 0 Å². The molecular formula is C14H21N3O6. The van der Waals surface area contributed by atoms with Gasteiger partial charge in [-0.3, -0.25) is 0 Å². The molecule has 9 heteroatoms. The number of carboxylic acid groups (broad SMARTS) is 1. The van der Waals surface area contributed by atoms with Crippen molar-refractivity contribution >= 4 is 11.8 Å². The molecule has 2 aliphatic rings. The first-order valence-corrected chi connectivity index (χ1v) is 7.72. The number of anilines is 1. The first-order chi connectivity index (χ1) is 11.0. The summed E-state index contributed by atoms with van der Waals surface area (Å²) in [6, 6.07) is 0. The molecule has 3 rings (SSSR count). The van der Waals surface area contributed by atoms with Crippen LogP contribution >= 0.6 is 0 Å². The van der Waals surface area contributed by atoms with Gasteiger partial charge in [-0.1, -0.05) is 0 Å². The van der Waals surface area contributed by atoms with E-state index in [0.29, 0.717) is 12.4 Å². The van der Waals surface area contributed by atoms with Crippen molar-refractivity contribution in [2.45, 2.75) is 56.8 Å². The number of ether oxygens (including phenoxy) is 1. The zero-order valence-electron chi connectivity index (χ0n) is 12.7. The molecule has 0 saturated carbocycles. The van der Waals surface area contributed by atoms with E-state index in [4.69, 9.17) is 9.84 Å². The van der Waals surface area contributed by atoms with Crippen LogP contribution in [-0.4, -0.2) is 67.1 Å². The number of aliphatic hydroxyl groups is 3. The molecule has 5 N–H and O–H groups in total. The number of aromatic nitrogens is 2. The minimum absolute atomic E-state index is 0.677. The summed E-state index contributed by atoms with van der Waals surface area (Å²) in [7, 11) is 0. The summed E-state index contributed by atoms with van der Waals surface area (Å²) in [5.41, 5.74) is 1.88. The molecule has 128 valence electrons. The van der Waals surface area contributed by atoms with Gasteiger partial charge >= 0.3 is 5.97 Å². The van der Waals surface area contributed by atoms with Gasteiger partial charge in [-0.15, -0.1) is 0 Å². The highest BCUT2D eigenvalue weighted by Gasteiger charge is 2.48. The van der Waals surface area contributed by atoms with Crippen LogP contribution in [0.3, 0.4) is 0 Å². The largest absolute Gasteiger partial charge is 0.479 e. The lowest BCUT2D eigenvalue weighted by Crippen LogP contribution is -2.58. The van der Waals surface area contributed by atoms with Gasteiger partial charge in [0.1, 0.15) is 18.3 Å². The minimum Gasteiger partial charge on any atom is -0.479 e. The van der Waals surface area contributed by atoms with E-state index >= 15 is 0 Å². The Bertz CT molecular complexity index is 604. The highest BCUT2D eigenvalue weighted by Crippen LogP contribution is 2.35. The quantitative estimate of drug-likeness (QED) is 0.468. The second kappa shape index (κ2) is 6.08. The fourth-order valence-electron chi connectivity index (χ4n) is 3.25. The summed E-state index contributed by atoms with van der Waals surface area (Å²) in [6.07, 6.45) is -5.07. The van der Waals surface area contributed by atoms with E-state index in [0.717, 1.165) is 30.5 Å². The maximum absolute atomic E-state index is 11.2.